The van der Waals surface area contributed by atoms with E-state index in [1.54, 1.807) is 19.1 Å². The Morgan fingerprint density at radius 3 is 2.65 bits per heavy atom. The lowest BCUT2D eigenvalue weighted by atomic mass is 10.1. The molecular weight excluding hydrogens is 220 g/mol. The molecule has 2 amide bonds. The number of nitrogens with one attached hydrogen (secondary N) is 2. The van der Waals surface area contributed by atoms with Crippen molar-refractivity contribution in [2.75, 3.05) is 11.9 Å². The van der Waals surface area contributed by atoms with Crippen molar-refractivity contribution in [3.63, 3.8) is 0 Å². The van der Waals surface area contributed by atoms with Crippen LogP contribution in [0.5, 0.6) is 0 Å². The fourth-order valence-corrected chi connectivity index (χ4v) is 1.34. The number of benzene rings is 1. The van der Waals surface area contributed by atoms with Crippen LogP contribution in [0.4, 0.5) is 10.5 Å². The van der Waals surface area contributed by atoms with Crippen molar-refractivity contribution in [2.45, 2.75) is 20.3 Å². The zero-order valence-corrected chi connectivity index (χ0v) is 9.91. The lowest BCUT2D eigenvalue weighted by molar-refractivity contribution is 0.0696. The van der Waals surface area contributed by atoms with Crippen molar-refractivity contribution in [3.05, 3.63) is 29.3 Å². The largest absolute Gasteiger partial charge is 0.478 e. The standard InChI is InChI=1S/C12H16N2O3/c1-3-6-13-12(17)14-9-5-4-8(2)10(7-9)11(15)16/h4-5,7H,3,6H2,1-2H3,(H,15,16)(H2,13,14,17). The van der Waals surface area contributed by atoms with Gasteiger partial charge in [-0.25, -0.2) is 9.59 Å². The number of amides is 2. The van der Waals surface area contributed by atoms with Gasteiger partial charge in [-0.2, -0.15) is 0 Å². The van der Waals surface area contributed by atoms with Gasteiger partial charge in [0.15, 0.2) is 0 Å². The molecule has 0 aromatic heterocycles. The smallest absolute Gasteiger partial charge is 0.336 e. The first kappa shape index (κ1) is 13.0. The maximum atomic E-state index is 11.4. The van der Waals surface area contributed by atoms with E-state index in [-0.39, 0.29) is 11.6 Å². The third-order valence-electron chi connectivity index (χ3n) is 2.26. The summed E-state index contributed by atoms with van der Waals surface area (Å²) in [5.41, 5.74) is 1.33. The summed E-state index contributed by atoms with van der Waals surface area (Å²) in [4.78, 5) is 22.3. The zero-order valence-electron chi connectivity index (χ0n) is 9.91. The molecule has 0 radical (unpaired) electrons. The molecule has 1 aromatic rings. The minimum absolute atomic E-state index is 0.193. The minimum Gasteiger partial charge on any atom is -0.478 e. The van der Waals surface area contributed by atoms with Crippen LogP contribution < -0.4 is 10.6 Å². The van der Waals surface area contributed by atoms with Crippen LogP contribution in [-0.4, -0.2) is 23.7 Å². The topological polar surface area (TPSA) is 78.4 Å². The Hall–Kier alpha value is -2.04. The molecule has 92 valence electrons. The number of hydrogen-bond acceptors (Lipinski definition) is 2. The van der Waals surface area contributed by atoms with Crippen LogP contribution in [0.1, 0.15) is 29.3 Å². The second-order valence-corrected chi connectivity index (χ2v) is 3.72. The Kier molecular flexibility index (Phi) is 4.51. The van der Waals surface area contributed by atoms with E-state index in [1.165, 1.54) is 6.07 Å². The van der Waals surface area contributed by atoms with Gasteiger partial charge in [-0.15, -0.1) is 0 Å². The number of carboxylic acids is 1. The monoisotopic (exact) mass is 236 g/mol. The summed E-state index contributed by atoms with van der Waals surface area (Å²) < 4.78 is 0. The number of aromatic carboxylic acids is 1. The number of rotatable bonds is 4. The highest BCUT2D eigenvalue weighted by atomic mass is 16.4. The fraction of sp³-hybridized carbons (Fsp3) is 0.333. The number of hydrogen-bond donors (Lipinski definition) is 3. The number of urea groups is 1. The predicted molar refractivity (Wildman–Crippen MR) is 65.5 cm³/mol. The normalized spacial score (nSPS) is 9.76. The van der Waals surface area contributed by atoms with Crippen molar-refractivity contribution < 1.29 is 14.7 Å². The van der Waals surface area contributed by atoms with Crippen molar-refractivity contribution in [3.8, 4) is 0 Å². The summed E-state index contributed by atoms with van der Waals surface area (Å²) in [7, 11) is 0. The van der Waals surface area contributed by atoms with Gasteiger partial charge in [0.2, 0.25) is 0 Å². The Balaban J connectivity index is 2.75. The lowest BCUT2D eigenvalue weighted by Crippen LogP contribution is -2.29. The Bertz CT molecular complexity index is 430. The predicted octanol–water partition coefficient (Wildman–Crippen LogP) is 2.22. The molecule has 0 saturated heterocycles. The van der Waals surface area contributed by atoms with Gasteiger partial charge in [-0.1, -0.05) is 13.0 Å². The van der Waals surface area contributed by atoms with Crippen LogP contribution in [0.3, 0.4) is 0 Å². The number of anilines is 1. The van der Waals surface area contributed by atoms with Crippen molar-refractivity contribution in [1.82, 2.24) is 5.32 Å². The van der Waals surface area contributed by atoms with Gasteiger partial charge in [0.05, 0.1) is 5.56 Å². The molecule has 0 heterocycles. The second-order valence-electron chi connectivity index (χ2n) is 3.72. The average Bonchev–Trinajstić information content (AvgIpc) is 2.28. The first-order valence-electron chi connectivity index (χ1n) is 5.43. The molecule has 0 saturated carbocycles. The maximum Gasteiger partial charge on any atom is 0.336 e. The third kappa shape index (κ3) is 3.79. The first-order chi connectivity index (χ1) is 8.04. The lowest BCUT2D eigenvalue weighted by Gasteiger charge is -2.08. The molecule has 0 aliphatic carbocycles. The molecular formula is C12H16N2O3. The maximum absolute atomic E-state index is 11.4. The quantitative estimate of drug-likeness (QED) is 0.750. The molecule has 0 unspecified atom stereocenters. The van der Waals surface area contributed by atoms with E-state index in [0.717, 1.165) is 6.42 Å². The summed E-state index contributed by atoms with van der Waals surface area (Å²) in [6.07, 6.45) is 0.849. The second kappa shape index (κ2) is 5.89. The molecule has 5 nitrogen and oxygen atoms in total. The first-order valence-corrected chi connectivity index (χ1v) is 5.43. The Morgan fingerprint density at radius 1 is 1.35 bits per heavy atom. The Morgan fingerprint density at radius 2 is 2.06 bits per heavy atom. The molecule has 0 bridgehead atoms. The van der Waals surface area contributed by atoms with E-state index in [1.807, 2.05) is 6.92 Å². The van der Waals surface area contributed by atoms with Crippen LogP contribution in [0.25, 0.3) is 0 Å². The van der Waals surface area contributed by atoms with Crippen molar-refractivity contribution >= 4 is 17.7 Å². The van der Waals surface area contributed by atoms with Gasteiger partial charge >= 0.3 is 12.0 Å². The van der Waals surface area contributed by atoms with Crippen LogP contribution in [0.15, 0.2) is 18.2 Å². The highest BCUT2D eigenvalue weighted by molar-refractivity contribution is 5.94. The van der Waals surface area contributed by atoms with E-state index in [4.69, 9.17) is 5.11 Å². The molecule has 3 N–H and O–H groups in total. The molecule has 17 heavy (non-hydrogen) atoms. The highest BCUT2D eigenvalue weighted by Crippen LogP contribution is 2.15. The molecule has 0 spiro atoms. The third-order valence-corrected chi connectivity index (χ3v) is 2.26. The van der Waals surface area contributed by atoms with Gasteiger partial charge in [0.25, 0.3) is 0 Å². The SMILES string of the molecule is CCCNC(=O)Nc1ccc(C)c(C(=O)O)c1. The fourth-order valence-electron chi connectivity index (χ4n) is 1.34. The number of carbonyl (C=O) groups excluding carboxylic acids is 1. The number of aryl methyl sites for hydroxylation is 1. The van der Waals surface area contributed by atoms with Crippen molar-refractivity contribution in [2.24, 2.45) is 0 Å². The molecule has 1 rings (SSSR count). The number of carboxylic acid groups (broad SMARTS) is 1. The highest BCUT2D eigenvalue weighted by Gasteiger charge is 2.08. The molecule has 1 aromatic carbocycles. The van der Waals surface area contributed by atoms with Gasteiger partial charge in [-0.05, 0) is 31.0 Å². The van der Waals surface area contributed by atoms with E-state index in [2.05, 4.69) is 10.6 Å². The van der Waals surface area contributed by atoms with Crippen LogP contribution in [0, 0.1) is 6.92 Å². The van der Waals surface area contributed by atoms with Crippen LogP contribution >= 0.6 is 0 Å². The summed E-state index contributed by atoms with van der Waals surface area (Å²) in [6, 6.07) is 4.46. The summed E-state index contributed by atoms with van der Waals surface area (Å²) >= 11 is 0. The molecule has 0 atom stereocenters. The number of carbonyl (C=O) groups is 2. The summed E-state index contributed by atoms with van der Waals surface area (Å²) in [6.45, 7) is 4.25. The average molecular weight is 236 g/mol. The minimum atomic E-state index is -1.000. The molecule has 0 aliphatic heterocycles. The molecule has 5 heteroatoms. The summed E-state index contributed by atoms with van der Waals surface area (Å²) in [5, 5.41) is 14.2. The zero-order chi connectivity index (χ0) is 12.8. The Labute approximate surface area is 99.8 Å². The van der Waals surface area contributed by atoms with Gasteiger partial charge in [0, 0.05) is 12.2 Å². The summed E-state index contributed by atoms with van der Waals surface area (Å²) in [5.74, 6) is -1.000. The van der Waals surface area contributed by atoms with Gasteiger partial charge < -0.3 is 15.7 Å². The molecule has 0 fully saturated rings. The van der Waals surface area contributed by atoms with E-state index in [9.17, 15) is 9.59 Å². The van der Waals surface area contributed by atoms with Crippen LogP contribution in [-0.2, 0) is 0 Å². The van der Waals surface area contributed by atoms with E-state index in [0.29, 0.717) is 17.8 Å². The molecule has 0 aliphatic rings. The van der Waals surface area contributed by atoms with E-state index < -0.39 is 5.97 Å². The van der Waals surface area contributed by atoms with Crippen LogP contribution in [0.2, 0.25) is 0 Å². The van der Waals surface area contributed by atoms with Gasteiger partial charge in [-0.3, -0.25) is 0 Å². The van der Waals surface area contributed by atoms with Crippen molar-refractivity contribution in [1.29, 1.82) is 0 Å². The van der Waals surface area contributed by atoms with E-state index >= 15 is 0 Å². The van der Waals surface area contributed by atoms with Gasteiger partial charge in [0.1, 0.15) is 0 Å².